The summed E-state index contributed by atoms with van der Waals surface area (Å²) in [4.78, 5) is 30.9. The standard InChI is InChI=1S/C19H21N3O4/c1-13-3-4-17(25-2)15(11-13)21-18(23)16-12-14(5-6-20-16)19(24)22-7-9-26-10-8-22/h3-6,11-12H,7-10H2,1-2H3,(H,21,23). The van der Waals surface area contributed by atoms with E-state index in [-0.39, 0.29) is 11.6 Å². The lowest BCUT2D eigenvalue weighted by atomic mass is 10.1. The van der Waals surface area contributed by atoms with Crippen LogP contribution in [0.2, 0.25) is 0 Å². The molecule has 7 nitrogen and oxygen atoms in total. The summed E-state index contributed by atoms with van der Waals surface area (Å²) >= 11 is 0. The third-order valence-electron chi connectivity index (χ3n) is 4.14. The number of nitrogens with zero attached hydrogens (tertiary/aromatic N) is 2. The highest BCUT2D eigenvalue weighted by atomic mass is 16.5. The van der Waals surface area contributed by atoms with Gasteiger partial charge in [0.15, 0.2) is 0 Å². The maximum Gasteiger partial charge on any atom is 0.274 e. The molecule has 3 rings (SSSR count). The minimum absolute atomic E-state index is 0.127. The first-order valence-electron chi connectivity index (χ1n) is 8.37. The zero-order valence-electron chi connectivity index (χ0n) is 14.8. The SMILES string of the molecule is COc1ccc(C)cc1NC(=O)c1cc(C(=O)N2CCOCC2)ccn1. The number of aryl methyl sites for hydroxylation is 1. The average Bonchev–Trinajstić information content (AvgIpc) is 2.68. The first-order valence-corrected chi connectivity index (χ1v) is 8.37. The first kappa shape index (κ1) is 17.9. The number of anilines is 1. The molecule has 0 atom stereocenters. The Hall–Kier alpha value is -2.93. The summed E-state index contributed by atoms with van der Waals surface area (Å²) in [7, 11) is 1.54. The van der Waals surface area contributed by atoms with Crippen molar-refractivity contribution in [2.75, 3.05) is 38.7 Å². The van der Waals surface area contributed by atoms with Crippen molar-refractivity contribution in [2.45, 2.75) is 6.92 Å². The molecular formula is C19H21N3O4. The molecule has 26 heavy (non-hydrogen) atoms. The van der Waals surface area contributed by atoms with Crippen molar-refractivity contribution in [2.24, 2.45) is 0 Å². The van der Waals surface area contributed by atoms with Gasteiger partial charge in [0.25, 0.3) is 11.8 Å². The normalized spacial score (nSPS) is 14.0. The largest absolute Gasteiger partial charge is 0.495 e. The number of ether oxygens (including phenoxy) is 2. The van der Waals surface area contributed by atoms with Gasteiger partial charge in [-0.2, -0.15) is 0 Å². The van der Waals surface area contributed by atoms with Crippen molar-refractivity contribution in [3.05, 3.63) is 53.3 Å². The van der Waals surface area contributed by atoms with E-state index in [1.807, 2.05) is 19.1 Å². The third kappa shape index (κ3) is 4.00. The molecule has 0 saturated carbocycles. The number of methoxy groups -OCH3 is 1. The second-order valence-corrected chi connectivity index (χ2v) is 5.99. The monoisotopic (exact) mass is 355 g/mol. The van der Waals surface area contributed by atoms with Crippen LogP contribution in [-0.2, 0) is 4.74 Å². The molecule has 1 aromatic heterocycles. The summed E-state index contributed by atoms with van der Waals surface area (Å²) < 4.78 is 10.5. The molecule has 0 bridgehead atoms. The van der Waals surface area contributed by atoms with E-state index >= 15 is 0 Å². The minimum Gasteiger partial charge on any atom is -0.495 e. The molecule has 2 heterocycles. The predicted molar refractivity (Wildman–Crippen MR) is 96.6 cm³/mol. The number of carbonyl (C=O) groups excluding carboxylic acids is 2. The fourth-order valence-corrected chi connectivity index (χ4v) is 2.74. The molecule has 2 amide bonds. The Morgan fingerprint density at radius 1 is 1.19 bits per heavy atom. The summed E-state index contributed by atoms with van der Waals surface area (Å²) in [5.74, 6) is 0.0351. The van der Waals surface area contributed by atoms with Crippen molar-refractivity contribution in [1.82, 2.24) is 9.88 Å². The fourth-order valence-electron chi connectivity index (χ4n) is 2.74. The van der Waals surface area contributed by atoms with Crippen molar-refractivity contribution >= 4 is 17.5 Å². The van der Waals surface area contributed by atoms with Crippen molar-refractivity contribution < 1.29 is 19.1 Å². The van der Waals surface area contributed by atoms with Crippen LogP contribution in [0.1, 0.15) is 26.4 Å². The van der Waals surface area contributed by atoms with Crippen molar-refractivity contribution in [3.63, 3.8) is 0 Å². The Kier molecular flexibility index (Phi) is 5.48. The Balaban J connectivity index is 1.78. The number of aromatic nitrogens is 1. The molecule has 1 N–H and O–H groups in total. The van der Waals surface area contributed by atoms with Crippen LogP contribution in [0, 0.1) is 6.92 Å². The third-order valence-corrected chi connectivity index (χ3v) is 4.14. The second kappa shape index (κ2) is 7.97. The number of morpholine rings is 1. The lowest BCUT2D eigenvalue weighted by Gasteiger charge is -2.26. The Morgan fingerprint density at radius 2 is 1.96 bits per heavy atom. The molecule has 0 aliphatic carbocycles. The van der Waals surface area contributed by atoms with Gasteiger partial charge in [0.1, 0.15) is 11.4 Å². The number of hydrogen-bond acceptors (Lipinski definition) is 5. The number of amides is 2. The van der Waals surface area contributed by atoms with Crippen LogP contribution in [0.25, 0.3) is 0 Å². The Morgan fingerprint density at radius 3 is 2.69 bits per heavy atom. The molecule has 136 valence electrons. The summed E-state index contributed by atoms with van der Waals surface area (Å²) in [5.41, 5.74) is 2.16. The summed E-state index contributed by atoms with van der Waals surface area (Å²) in [6, 6.07) is 8.63. The van der Waals surface area contributed by atoms with Crippen LogP contribution in [0.4, 0.5) is 5.69 Å². The van der Waals surface area contributed by atoms with Crippen molar-refractivity contribution in [3.8, 4) is 5.75 Å². The predicted octanol–water partition coefficient (Wildman–Crippen LogP) is 2.12. The molecule has 2 aromatic rings. The minimum atomic E-state index is -0.398. The van der Waals surface area contributed by atoms with Gasteiger partial charge in [0.2, 0.25) is 0 Å². The molecule has 1 aliphatic rings. The number of rotatable bonds is 4. The first-order chi connectivity index (χ1) is 12.6. The van der Waals surface area contributed by atoms with E-state index in [1.54, 1.807) is 24.1 Å². The fraction of sp³-hybridized carbons (Fsp3) is 0.316. The number of hydrogen-bond donors (Lipinski definition) is 1. The maximum atomic E-state index is 12.6. The maximum absolute atomic E-state index is 12.6. The highest BCUT2D eigenvalue weighted by Crippen LogP contribution is 2.25. The topological polar surface area (TPSA) is 80.8 Å². The van der Waals surface area contributed by atoms with Gasteiger partial charge >= 0.3 is 0 Å². The smallest absolute Gasteiger partial charge is 0.274 e. The van der Waals surface area contributed by atoms with Crippen LogP contribution in [-0.4, -0.2) is 55.1 Å². The second-order valence-electron chi connectivity index (χ2n) is 5.99. The van der Waals surface area contributed by atoms with Gasteiger partial charge in [0, 0.05) is 24.8 Å². The van der Waals surface area contributed by atoms with Gasteiger partial charge in [-0.1, -0.05) is 6.07 Å². The van der Waals surface area contributed by atoms with Gasteiger partial charge in [-0.15, -0.1) is 0 Å². The number of benzene rings is 1. The van der Waals surface area contributed by atoms with E-state index in [0.717, 1.165) is 5.56 Å². The Bertz CT molecular complexity index is 816. The molecule has 1 saturated heterocycles. The van der Waals surface area contributed by atoms with Crippen LogP contribution < -0.4 is 10.1 Å². The molecule has 0 unspecified atom stereocenters. The summed E-state index contributed by atoms with van der Waals surface area (Å²) in [6.07, 6.45) is 1.47. The van der Waals surface area contributed by atoms with Gasteiger partial charge in [-0.3, -0.25) is 14.6 Å². The van der Waals surface area contributed by atoms with E-state index in [1.165, 1.54) is 12.3 Å². The lowest BCUT2D eigenvalue weighted by molar-refractivity contribution is 0.0303. The number of nitrogens with one attached hydrogen (secondary N) is 1. The van der Waals surface area contributed by atoms with E-state index < -0.39 is 5.91 Å². The van der Waals surface area contributed by atoms with E-state index in [4.69, 9.17) is 9.47 Å². The van der Waals surface area contributed by atoms with Gasteiger partial charge in [-0.05, 0) is 36.8 Å². The zero-order chi connectivity index (χ0) is 18.5. The van der Waals surface area contributed by atoms with Crippen LogP contribution in [0.3, 0.4) is 0 Å². The van der Waals surface area contributed by atoms with E-state index in [2.05, 4.69) is 10.3 Å². The van der Waals surface area contributed by atoms with E-state index in [0.29, 0.717) is 43.3 Å². The molecule has 0 spiro atoms. The Labute approximate surface area is 151 Å². The highest BCUT2D eigenvalue weighted by molar-refractivity contribution is 6.05. The van der Waals surface area contributed by atoms with Crippen LogP contribution >= 0.6 is 0 Å². The molecule has 0 radical (unpaired) electrons. The van der Waals surface area contributed by atoms with Crippen molar-refractivity contribution in [1.29, 1.82) is 0 Å². The van der Waals surface area contributed by atoms with E-state index in [9.17, 15) is 9.59 Å². The molecule has 7 heteroatoms. The highest BCUT2D eigenvalue weighted by Gasteiger charge is 2.20. The number of carbonyl (C=O) groups is 2. The summed E-state index contributed by atoms with van der Waals surface area (Å²) in [5, 5.41) is 2.79. The van der Waals surface area contributed by atoms with Gasteiger partial charge < -0.3 is 19.7 Å². The van der Waals surface area contributed by atoms with Gasteiger partial charge in [0.05, 0.1) is 26.0 Å². The number of pyridine rings is 1. The molecular weight excluding hydrogens is 334 g/mol. The summed E-state index contributed by atoms with van der Waals surface area (Å²) in [6.45, 7) is 4.07. The van der Waals surface area contributed by atoms with Crippen LogP contribution in [0.5, 0.6) is 5.75 Å². The van der Waals surface area contributed by atoms with Gasteiger partial charge in [-0.25, -0.2) is 0 Å². The molecule has 1 fully saturated rings. The lowest BCUT2D eigenvalue weighted by Crippen LogP contribution is -2.40. The average molecular weight is 355 g/mol. The molecule has 1 aliphatic heterocycles. The van der Waals surface area contributed by atoms with Crippen LogP contribution in [0.15, 0.2) is 36.5 Å². The zero-order valence-corrected chi connectivity index (χ0v) is 14.8. The molecule has 1 aromatic carbocycles. The quantitative estimate of drug-likeness (QED) is 0.909.